The third kappa shape index (κ3) is 5.14. The molecule has 1 aromatic rings. The molecular weight excluding hydrogens is 368 g/mol. The number of nitrogens with one attached hydrogen (secondary N) is 2. The van der Waals surface area contributed by atoms with Crippen LogP contribution < -0.4 is 15.4 Å². The summed E-state index contributed by atoms with van der Waals surface area (Å²) in [7, 11) is 2.99. The summed E-state index contributed by atoms with van der Waals surface area (Å²) in [5, 5.41) is 6.28. The zero-order valence-corrected chi connectivity index (χ0v) is 16.8. The van der Waals surface area contributed by atoms with Gasteiger partial charge in [-0.25, -0.2) is 4.79 Å². The third-order valence-corrected chi connectivity index (χ3v) is 5.79. The molecule has 1 spiro atoms. The predicted octanol–water partition coefficient (Wildman–Crippen LogP) is 2.10. The third-order valence-electron chi connectivity index (χ3n) is 5.79. The Morgan fingerprint density at radius 3 is 2.48 bits per heavy atom. The van der Waals surface area contributed by atoms with Crippen LogP contribution >= 0.6 is 12.4 Å². The van der Waals surface area contributed by atoms with Crippen molar-refractivity contribution in [2.75, 3.05) is 27.3 Å². The Morgan fingerprint density at radius 2 is 1.89 bits per heavy atom. The Morgan fingerprint density at radius 1 is 1.22 bits per heavy atom. The highest BCUT2D eigenvalue weighted by Crippen LogP contribution is 2.58. The molecule has 2 unspecified atom stereocenters. The number of rotatable bonds is 7. The average Bonchev–Trinajstić information content (AvgIpc) is 3.38. The van der Waals surface area contributed by atoms with Crippen molar-refractivity contribution in [3.8, 4) is 5.75 Å². The van der Waals surface area contributed by atoms with E-state index in [0.717, 1.165) is 43.7 Å². The number of ether oxygens (including phenoxy) is 2. The van der Waals surface area contributed by atoms with Gasteiger partial charge in [-0.3, -0.25) is 4.79 Å². The maximum atomic E-state index is 12.6. The monoisotopic (exact) mass is 396 g/mol. The largest absolute Gasteiger partial charge is 0.497 e. The van der Waals surface area contributed by atoms with E-state index in [2.05, 4.69) is 10.6 Å². The minimum Gasteiger partial charge on any atom is -0.497 e. The number of aryl methyl sites for hydroxylation is 1. The SMILES string of the molecule is COC(=O)C(CCc1ccc(OC)cc1)NC(=O)C1CC12CCNCC2.Cl. The van der Waals surface area contributed by atoms with Gasteiger partial charge in [-0.1, -0.05) is 12.1 Å². The number of benzene rings is 1. The maximum absolute atomic E-state index is 12.6. The van der Waals surface area contributed by atoms with Crippen LogP contribution in [-0.4, -0.2) is 45.2 Å². The molecule has 0 aromatic heterocycles. The molecule has 1 aliphatic heterocycles. The second-order valence-electron chi connectivity index (χ2n) is 7.34. The van der Waals surface area contributed by atoms with E-state index in [1.165, 1.54) is 7.11 Å². The fraction of sp³-hybridized carbons (Fsp3) is 0.600. The molecule has 2 fully saturated rings. The molecule has 1 aliphatic carbocycles. The molecule has 0 bridgehead atoms. The summed E-state index contributed by atoms with van der Waals surface area (Å²) in [6.45, 7) is 1.95. The lowest BCUT2D eigenvalue weighted by Crippen LogP contribution is -2.43. The van der Waals surface area contributed by atoms with Gasteiger partial charge in [0.25, 0.3) is 0 Å². The second-order valence-corrected chi connectivity index (χ2v) is 7.34. The van der Waals surface area contributed by atoms with Gasteiger partial charge in [0.2, 0.25) is 5.91 Å². The van der Waals surface area contributed by atoms with Crippen LogP contribution in [0.2, 0.25) is 0 Å². The van der Waals surface area contributed by atoms with Crippen molar-refractivity contribution in [1.29, 1.82) is 0 Å². The number of hydrogen-bond donors (Lipinski definition) is 2. The summed E-state index contributed by atoms with van der Waals surface area (Å²) in [4.78, 5) is 24.8. The second kappa shape index (κ2) is 9.42. The fourth-order valence-corrected chi connectivity index (χ4v) is 3.96. The molecule has 1 heterocycles. The molecule has 2 N–H and O–H groups in total. The molecule has 7 heteroatoms. The van der Waals surface area contributed by atoms with Crippen LogP contribution in [0.3, 0.4) is 0 Å². The molecule has 0 radical (unpaired) electrons. The van der Waals surface area contributed by atoms with E-state index in [-0.39, 0.29) is 35.6 Å². The fourth-order valence-electron chi connectivity index (χ4n) is 3.96. The standard InChI is InChI=1S/C20H28N2O4.ClH/c1-25-15-6-3-14(4-7-15)5-8-17(19(24)26-2)22-18(23)16-13-20(16)9-11-21-12-10-20;/h3-4,6-7,16-17,21H,5,8-13H2,1-2H3,(H,22,23);1H. The minimum atomic E-state index is -0.603. The van der Waals surface area contributed by atoms with Crippen LogP contribution in [0.1, 0.15) is 31.2 Å². The molecule has 1 aromatic carbocycles. The Labute approximate surface area is 166 Å². The number of hydrogen-bond acceptors (Lipinski definition) is 5. The van der Waals surface area contributed by atoms with E-state index in [1.807, 2.05) is 24.3 Å². The van der Waals surface area contributed by atoms with Crippen LogP contribution in [-0.2, 0) is 20.7 Å². The Balaban J connectivity index is 0.00000261. The highest BCUT2D eigenvalue weighted by Gasteiger charge is 2.57. The summed E-state index contributed by atoms with van der Waals surface area (Å²) in [5.41, 5.74) is 1.25. The summed E-state index contributed by atoms with van der Waals surface area (Å²) in [6.07, 6.45) is 4.22. The number of amides is 1. The molecule has 3 rings (SSSR count). The first-order valence-electron chi connectivity index (χ1n) is 9.30. The molecule has 150 valence electrons. The van der Waals surface area contributed by atoms with Crippen molar-refractivity contribution in [3.63, 3.8) is 0 Å². The highest BCUT2D eigenvalue weighted by molar-refractivity contribution is 5.88. The number of esters is 1. The first-order valence-corrected chi connectivity index (χ1v) is 9.30. The lowest BCUT2D eigenvalue weighted by Gasteiger charge is -2.24. The summed E-state index contributed by atoms with van der Waals surface area (Å²) in [5.74, 6) is 0.453. The van der Waals surface area contributed by atoms with E-state index in [4.69, 9.17) is 9.47 Å². The van der Waals surface area contributed by atoms with Crippen molar-refractivity contribution in [1.82, 2.24) is 10.6 Å². The van der Waals surface area contributed by atoms with E-state index in [9.17, 15) is 9.59 Å². The smallest absolute Gasteiger partial charge is 0.328 e. The van der Waals surface area contributed by atoms with Crippen LogP contribution in [0.5, 0.6) is 5.75 Å². The van der Waals surface area contributed by atoms with Gasteiger partial charge in [-0.2, -0.15) is 0 Å². The molecule has 6 nitrogen and oxygen atoms in total. The minimum absolute atomic E-state index is 0. The summed E-state index contributed by atoms with van der Waals surface area (Å²) in [6, 6.07) is 7.13. The maximum Gasteiger partial charge on any atom is 0.328 e. The Bertz CT molecular complexity index is 644. The van der Waals surface area contributed by atoms with Crippen LogP contribution in [0.25, 0.3) is 0 Å². The molecule has 1 saturated heterocycles. The van der Waals surface area contributed by atoms with Crippen molar-refractivity contribution in [2.45, 2.75) is 38.1 Å². The van der Waals surface area contributed by atoms with Gasteiger partial charge in [-0.05, 0) is 68.3 Å². The van der Waals surface area contributed by atoms with Gasteiger partial charge in [-0.15, -0.1) is 12.4 Å². The molecule has 2 aliphatic rings. The van der Waals surface area contributed by atoms with E-state index in [0.29, 0.717) is 12.8 Å². The number of carbonyl (C=O) groups excluding carboxylic acids is 2. The summed E-state index contributed by atoms with van der Waals surface area (Å²) < 4.78 is 10.0. The number of carbonyl (C=O) groups is 2. The Kier molecular flexibility index (Phi) is 7.50. The molecular formula is C20H29ClN2O4. The van der Waals surface area contributed by atoms with Gasteiger partial charge in [0.15, 0.2) is 0 Å². The number of methoxy groups -OCH3 is 2. The lowest BCUT2D eigenvalue weighted by molar-refractivity contribution is -0.145. The van der Waals surface area contributed by atoms with Crippen molar-refractivity contribution in [2.24, 2.45) is 11.3 Å². The highest BCUT2D eigenvalue weighted by atomic mass is 35.5. The zero-order chi connectivity index (χ0) is 18.6. The predicted molar refractivity (Wildman–Crippen MR) is 105 cm³/mol. The first-order chi connectivity index (χ1) is 12.6. The number of halogens is 1. The van der Waals surface area contributed by atoms with E-state index >= 15 is 0 Å². The van der Waals surface area contributed by atoms with Crippen molar-refractivity contribution in [3.05, 3.63) is 29.8 Å². The topological polar surface area (TPSA) is 76.7 Å². The van der Waals surface area contributed by atoms with Crippen molar-refractivity contribution < 1.29 is 19.1 Å². The van der Waals surface area contributed by atoms with Gasteiger partial charge < -0.3 is 20.1 Å². The van der Waals surface area contributed by atoms with Crippen LogP contribution in [0, 0.1) is 11.3 Å². The normalized spacial score (nSPS) is 20.9. The first kappa shape index (κ1) is 21.5. The zero-order valence-electron chi connectivity index (χ0n) is 16.0. The van der Waals surface area contributed by atoms with Crippen molar-refractivity contribution >= 4 is 24.3 Å². The lowest BCUT2D eigenvalue weighted by atomic mass is 9.91. The van der Waals surface area contributed by atoms with Gasteiger partial charge in [0.1, 0.15) is 11.8 Å². The quantitative estimate of drug-likeness (QED) is 0.690. The van der Waals surface area contributed by atoms with E-state index < -0.39 is 6.04 Å². The molecule has 1 saturated carbocycles. The van der Waals surface area contributed by atoms with Gasteiger partial charge >= 0.3 is 5.97 Å². The van der Waals surface area contributed by atoms with Gasteiger partial charge in [0.05, 0.1) is 14.2 Å². The summed E-state index contributed by atoms with van der Waals surface area (Å²) >= 11 is 0. The molecule has 2 atom stereocenters. The number of piperidine rings is 1. The molecule has 27 heavy (non-hydrogen) atoms. The van der Waals surface area contributed by atoms with Crippen LogP contribution in [0.15, 0.2) is 24.3 Å². The molecule has 1 amide bonds. The van der Waals surface area contributed by atoms with Gasteiger partial charge in [0, 0.05) is 5.92 Å². The van der Waals surface area contributed by atoms with Crippen LogP contribution in [0.4, 0.5) is 0 Å². The Hall–Kier alpha value is -1.79. The van der Waals surface area contributed by atoms with E-state index in [1.54, 1.807) is 7.11 Å². The average molecular weight is 397 g/mol.